The first-order valence-corrected chi connectivity index (χ1v) is 10.1. The average Bonchev–Trinajstić information content (AvgIpc) is 2.82. The van der Waals surface area contributed by atoms with Crippen molar-refractivity contribution in [3.05, 3.63) is 102 Å². The molecule has 0 spiro atoms. The van der Waals surface area contributed by atoms with Crippen LogP contribution in [0.15, 0.2) is 66.7 Å². The summed E-state index contributed by atoms with van der Waals surface area (Å²) < 4.78 is 90.3. The van der Waals surface area contributed by atoms with E-state index in [0.29, 0.717) is 22.3 Å². The number of rotatable bonds is 3. The lowest BCUT2D eigenvalue weighted by atomic mass is 9.85. The van der Waals surface area contributed by atoms with Crippen molar-refractivity contribution in [2.24, 2.45) is 0 Å². The quantitative estimate of drug-likeness (QED) is 0.147. The first-order valence-electron chi connectivity index (χ1n) is 10.1. The molecular formula is C27H14F6O. The van der Waals surface area contributed by atoms with Gasteiger partial charge in [-0.25, -0.2) is 26.3 Å². The smallest absolute Gasteiger partial charge is 0.194 e. The van der Waals surface area contributed by atoms with Crippen LogP contribution in [0.5, 0.6) is 5.75 Å². The minimum Gasteiger partial charge on any atom is -0.497 e. The van der Waals surface area contributed by atoms with Gasteiger partial charge in [0, 0.05) is 0 Å². The molecule has 1 nitrogen and oxygen atoms in total. The van der Waals surface area contributed by atoms with Crippen LogP contribution in [0, 0.1) is 34.9 Å². The van der Waals surface area contributed by atoms with Crippen molar-refractivity contribution in [1.82, 2.24) is 0 Å². The number of halogens is 6. The van der Waals surface area contributed by atoms with Gasteiger partial charge < -0.3 is 4.74 Å². The van der Waals surface area contributed by atoms with Gasteiger partial charge >= 0.3 is 0 Å². The summed E-state index contributed by atoms with van der Waals surface area (Å²) in [5.74, 6) is -7.02. The Labute approximate surface area is 189 Å². The summed E-state index contributed by atoms with van der Waals surface area (Å²) >= 11 is 0. The molecule has 34 heavy (non-hydrogen) atoms. The molecular weight excluding hydrogens is 454 g/mol. The van der Waals surface area contributed by atoms with E-state index in [1.807, 2.05) is 0 Å². The summed E-state index contributed by atoms with van der Waals surface area (Å²) in [4.78, 5) is 0. The summed E-state index contributed by atoms with van der Waals surface area (Å²) in [7, 11) is 1.50. The highest BCUT2D eigenvalue weighted by molar-refractivity contribution is 6.21. The Hall–Kier alpha value is -4.00. The molecule has 0 fully saturated rings. The standard InChI is InChI=1S/C27H14F6O/c1-34-16-5-2-13(3-6-16)25-17-7-4-15(28)10-18(17)26(14-8-23(31)27(33)24(32)9-14)20-12-22(30)21(29)11-19(20)25/h2-12H,1H3. The van der Waals surface area contributed by atoms with Gasteiger partial charge in [-0.1, -0.05) is 18.2 Å². The van der Waals surface area contributed by atoms with Crippen molar-refractivity contribution < 1.29 is 31.1 Å². The van der Waals surface area contributed by atoms with E-state index in [2.05, 4.69) is 0 Å². The van der Waals surface area contributed by atoms with Crippen LogP contribution in [-0.4, -0.2) is 7.11 Å². The Bertz CT molecular complexity index is 1570. The molecule has 0 saturated carbocycles. The third-order valence-electron chi connectivity index (χ3n) is 5.77. The SMILES string of the molecule is COc1ccc(-c2c3ccc(F)cc3c(-c3cc(F)c(F)c(F)c3)c3cc(F)c(F)cc23)cc1. The topological polar surface area (TPSA) is 9.23 Å². The summed E-state index contributed by atoms with van der Waals surface area (Å²) in [6.07, 6.45) is 0. The number of hydrogen-bond donors (Lipinski definition) is 0. The van der Waals surface area contributed by atoms with E-state index in [-0.39, 0.29) is 27.3 Å². The fraction of sp³-hybridized carbons (Fsp3) is 0.0370. The Morgan fingerprint density at radius 3 is 1.59 bits per heavy atom. The highest BCUT2D eigenvalue weighted by Crippen LogP contribution is 2.45. The molecule has 0 aromatic heterocycles. The molecule has 0 N–H and O–H groups in total. The minimum absolute atomic E-state index is 0.0402. The lowest BCUT2D eigenvalue weighted by Crippen LogP contribution is -1.97. The van der Waals surface area contributed by atoms with Crippen molar-refractivity contribution >= 4 is 21.5 Å². The van der Waals surface area contributed by atoms with Crippen molar-refractivity contribution in [2.45, 2.75) is 0 Å². The Morgan fingerprint density at radius 1 is 0.500 bits per heavy atom. The van der Waals surface area contributed by atoms with Gasteiger partial charge in [0.1, 0.15) is 11.6 Å². The third kappa shape index (κ3) is 3.44. The first-order chi connectivity index (χ1) is 16.3. The lowest BCUT2D eigenvalue weighted by molar-refractivity contribution is 0.415. The second-order valence-corrected chi connectivity index (χ2v) is 7.73. The number of ether oxygens (including phenoxy) is 1. The van der Waals surface area contributed by atoms with Crippen LogP contribution < -0.4 is 4.74 Å². The van der Waals surface area contributed by atoms with Gasteiger partial charge in [-0.3, -0.25) is 0 Å². The van der Waals surface area contributed by atoms with Crippen LogP contribution in [0.2, 0.25) is 0 Å². The highest BCUT2D eigenvalue weighted by Gasteiger charge is 2.21. The predicted molar refractivity (Wildman–Crippen MR) is 119 cm³/mol. The molecule has 5 rings (SSSR count). The maximum atomic E-state index is 14.4. The maximum absolute atomic E-state index is 14.4. The lowest BCUT2D eigenvalue weighted by Gasteiger charge is -2.18. The zero-order valence-corrected chi connectivity index (χ0v) is 17.5. The van der Waals surface area contributed by atoms with E-state index in [9.17, 15) is 26.3 Å². The van der Waals surface area contributed by atoms with E-state index in [4.69, 9.17) is 4.74 Å². The molecule has 0 aliphatic rings. The molecule has 0 unspecified atom stereocenters. The summed E-state index contributed by atoms with van der Waals surface area (Å²) in [5.41, 5.74) is 0.942. The van der Waals surface area contributed by atoms with E-state index >= 15 is 0 Å². The molecule has 5 aromatic rings. The van der Waals surface area contributed by atoms with E-state index in [1.165, 1.54) is 19.2 Å². The number of hydrogen-bond acceptors (Lipinski definition) is 1. The van der Waals surface area contributed by atoms with Crippen molar-refractivity contribution in [3.8, 4) is 28.0 Å². The zero-order valence-electron chi connectivity index (χ0n) is 17.5. The molecule has 0 saturated heterocycles. The minimum atomic E-state index is -1.67. The Balaban J connectivity index is 2.00. The number of benzene rings is 5. The van der Waals surface area contributed by atoms with Crippen LogP contribution in [0.1, 0.15) is 0 Å². The molecule has 7 heteroatoms. The monoisotopic (exact) mass is 468 g/mol. The van der Waals surface area contributed by atoms with Crippen LogP contribution in [-0.2, 0) is 0 Å². The first kappa shape index (κ1) is 21.8. The second kappa shape index (κ2) is 8.09. The summed E-state index contributed by atoms with van der Waals surface area (Å²) in [6.45, 7) is 0. The summed E-state index contributed by atoms with van der Waals surface area (Å²) in [6, 6.07) is 13.9. The number of fused-ring (bicyclic) bond motifs is 2. The molecule has 0 aliphatic carbocycles. The zero-order chi connectivity index (χ0) is 24.1. The normalized spacial score (nSPS) is 11.4. The third-order valence-corrected chi connectivity index (χ3v) is 5.77. The molecule has 0 heterocycles. The van der Waals surface area contributed by atoms with Crippen molar-refractivity contribution in [1.29, 1.82) is 0 Å². The molecule has 170 valence electrons. The maximum Gasteiger partial charge on any atom is 0.194 e. The van der Waals surface area contributed by atoms with Gasteiger partial charge in [0.2, 0.25) is 0 Å². The molecule has 0 bridgehead atoms. The van der Waals surface area contributed by atoms with E-state index in [0.717, 1.165) is 30.3 Å². The van der Waals surface area contributed by atoms with Crippen LogP contribution >= 0.6 is 0 Å². The molecule has 0 aliphatic heterocycles. The van der Waals surface area contributed by atoms with Crippen molar-refractivity contribution in [3.63, 3.8) is 0 Å². The van der Waals surface area contributed by atoms with E-state index < -0.39 is 34.9 Å². The van der Waals surface area contributed by atoms with Crippen LogP contribution in [0.4, 0.5) is 26.3 Å². The molecule has 0 atom stereocenters. The van der Waals surface area contributed by atoms with Gasteiger partial charge in [-0.05, 0) is 92.3 Å². The highest BCUT2D eigenvalue weighted by atomic mass is 19.2. The molecule has 0 radical (unpaired) electrons. The fourth-order valence-electron chi connectivity index (χ4n) is 4.27. The second-order valence-electron chi connectivity index (χ2n) is 7.73. The fourth-order valence-corrected chi connectivity index (χ4v) is 4.27. The molecule has 0 amide bonds. The van der Waals surface area contributed by atoms with Gasteiger partial charge in [0.15, 0.2) is 29.1 Å². The number of methoxy groups -OCH3 is 1. The van der Waals surface area contributed by atoms with Crippen molar-refractivity contribution in [2.75, 3.05) is 7.11 Å². The van der Waals surface area contributed by atoms with Gasteiger partial charge in [0.05, 0.1) is 7.11 Å². The van der Waals surface area contributed by atoms with Gasteiger partial charge in [0.25, 0.3) is 0 Å². The van der Waals surface area contributed by atoms with Gasteiger partial charge in [-0.2, -0.15) is 0 Å². The molecule has 5 aromatic carbocycles. The Kier molecular flexibility index (Phi) is 5.20. The van der Waals surface area contributed by atoms with Crippen LogP contribution in [0.25, 0.3) is 43.8 Å². The van der Waals surface area contributed by atoms with Crippen LogP contribution in [0.3, 0.4) is 0 Å². The average molecular weight is 468 g/mol. The Morgan fingerprint density at radius 2 is 1.03 bits per heavy atom. The van der Waals surface area contributed by atoms with E-state index in [1.54, 1.807) is 24.3 Å². The largest absolute Gasteiger partial charge is 0.497 e. The predicted octanol–water partition coefficient (Wildman–Crippen LogP) is 8.17. The van der Waals surface area contributed by atoms with Gasteiger partial charge in [-0.15, -0.1) is 0 Å². The summed E-state index contributed by atoms with van der Waals surface area (Å²) in [5, 5.41) is 0.913.